The molecule has 2 aromatic rings. The first-order valence-corrected chi connectivity index (χ1v) is 6.13. The number of rotatable bonds is 5. The van der Waals surface area contributed by atoms with Crippen LogP contribution in [0.3, 0.4) is 0 Å². The largest absolute Gasteiger partial charge is 0.465 e. The number of hydrogen-bond donors (Lipinski definition) is 3. The van der Waals surface area contributed by atoms with Crippen molar-refractivity contribution in [2.75, 3.05) is 0 Å². The molecule has 5 nitrogen and oxygen atoms in total. The maximum Gasteiger partial charge on any atom is 0.173 e. The molecule has 1 heterocycles. The van der Waals surface area contributed by atoms with E-state index in [4.69, 9.17) is 15.4 Å². The van der Waals surface area contributed by atoms with Crippen LogP contribution < -0.4 is 11.1 Å². The van der Waals surface area contributed by atoms with Crippen LogP contribution in [0.5, 0.6) is 0 Å². The molecule has 0 fully saturated rings. The fourth-order valence-corrected chi connectivity index (χ4v) is 1.87. The highest BCUT2D eigenvalue weighted by Crippen LogP contribution is 2.13. The fourth-order valence-electron chi connectivity index (χ4n) is 1.87. The minimum atomic E-state index is -0.495. The number of hydrogen-bond acceptors (Lipinski definition) is 4. The van der Waals surface area contributed by atoms with Gasteiger partial charge in [-0.05, 0) is 25.1 Å². The smallest absolute Gasteiger partial charge is 0.173 e. The second kappa shape index (κ2) is 6.21. The second-order valence-electron chi connectivity index (χ2n) is 4.38. The predicted octanol–water partition coefficient (Wildman–Crippen LogP) is 2.11. The van der Waals surface area contributed by atoms with Crippen LogP contribution in [0.15, 0.2) is 39.9 Å². The Hall–Kier alpha value is -2.34. The lowest BCUT2D eigenvalue weighted by Crippen LogP contribution is -2.18. The highest BCUT2D eigenvalue weighted by molar-refractivity contribution is 5.97. The van der Waals surface area contributed by atoms with Crippen LogP contribution in [0.1, 0.15) is 22.6 Å². The Morgan fingerprint density at radius 1 is 1.35 bits per heavy atom. The number of benzene rings is 1. The van der Waals surface area contributed by atoms with Crippen molar-refractivity contribution in [3.63, 3.8) is 0 Å². The van der Waals surface area contributed by atoms with Gasteiger partial charge in [0.15, 0.2) is 5.84 Å². The molecule has 106 valence electrons. The summed E-state index contributed by atoms with van der Waals surface area (Å²) in [6.45, 7) is 2.68. The number of nitrogens with zero attached hydrogens (tertiary/aromatic N) is 1. The van der Waals surface area contributed by atoms with Gasteiger partial charge < -0.3 is 20.7 Å². The minimum absolute atomic E-state index is 0.0839. The molecule has 4 N–H and O–H groups in total. The zero-order valence-electron chi connectivity index (χ0n) is 11.1. The summed E-state index contributed by atoms with van der Waals surface area (Å²) in [4.78, 5) is 0. The Bertz CT molecular complexity index is 623. The summed E-state index contributed by atoms with van der Waals surface area (Å²) in [5, 5.41) is 14.5. The number of furan rings is 1. The highest BCUT2D eigenvalue weighted by Gasteiger charge is 2.11. The van der Waals surface area contributed by atoms with Crippen molar-refractivity contribution in [3.05, 3.63) is 58.8 Å². The first-order valence-electron chi connectivity index (χ1n) is 6.13. The summed E-state index contributed by atoms with van der Waals surface area (Å²) >= 11 is 0. The third-order valence-corrected chi connectivity index (χ3v) is 2.87. The molecule has 0 saturated heterocycles. The lowest BCUT2D eigenvalue weighted by atomic mass is 10.1. The molecule has 0 aliphatic carbocycles. The van der Waals surface area contributed by atoms with E-state index in [1.165, 1.54) is 6.07 Å². The molecule has 0 radical (unpaired) electrons. The lowest BCUT2D eigenvalue weighted by molar-refractivity contribution is 0.318. The Kier molecular flexibility index (Phi) is 4.37. The molecule has 0 aliphatic heterocycles. The van der Waals surface area contributed by atoms with Crippen molar-refractivity contribution in [2.45, 2.75) is 20.0 Å². The average molecular weight is 277 g/mol. The van der Waals surface area contributed by atoms with Gasteiger partial charge in [-0.2, -0.15) is 0 Å². The maximum absolute atomic E-state index is 14.1. The van der Waals surface area contributed by atoms with Crippen LogP contribution >= 0.6 is 0 Å². The van der Waals surface area contributed by atoms with Crippen molar-refractivity contribution in [2.24, 2.45) is 10.9 Å². The Morgan fingerprint density at radius 2 is 2.15 bits per heavy atom. The SMILES string of the molecule is Cc1ccc(CNCc2cccc(/C(N)=N/O)c2F)o1. The normalized spacial score (nSPS) is 11.8. The molecular weight excluding hydrogens is 261 g/mol. The standard InChI is InChI=1S/C14H16FN3O2/c1-9-5-6-11(20-9)8-17-7-10-3-2-4-12(13(10)15)14(16)18-19/h2-6,17,19H,7-8H2,1H3,(H2,16,18). The Morgan fingerprint density at radius 3 is 2.80 bits per heavy atom. The second-order valence-corrected chi connectivity index (χ2v) is 4.38. The minimum Gasteiger partial charge on any atom is -0.465 e. The van der Waals surface area contributed by atoms with E-state index in [9.17, 15) is 4.39 Å². The number of nitrogens with one attached hydrogen (secondary N) is 1. The van der Waals surface area contributed by atoms with E-state index in [1.54, 1.807) is 12.1 Å². The zero-order valence-corrected chi connectivity index (χ0v) is 11.1. The van der Waals surface area contributed by atoms with Gasteiger partial charge in [0, 0.05) is 12.1 Å². The van der Waals surface area contributed by atoms with Crippen molar-refractivity contribution in [1.29, 1.82) is 0 Å². The molecule has 2 rings (SSSR count). The van der Waals surface area contributed by atoms with Crippen LogP contribution in [0.25, 0.3) is 0 Å². The molecule has 20 heavy (non-hydrogen) atoms. The summed E-state index contributed by atoms with van der Waals surface area (Å²) < 4.78 is 19.5. The molecule has 1 aromatic carbocycles. The predicted molar refractivity (Wildman–Crippen MR) is 72.9 cm³/mol. The van der Waals surface area contributed by atoms with Crippen LogP contribution in [-0.2, 0) is 13.1 Å². The topological polar surface area (TPSA) is 83.8 Å². The van der Waals surface area contributed by atoms with Gasteiger partial charge in [0.05, 0.1) is 12.1 Å². The van der Waals surface area contributed by atoms with E-state index < -0.39 is 5.82 Å². The average Bonchev–Trinajstić information content (AvgIpc) is 2.85. The molecule has 0 amide bonds. The van der Waals surface area contributed by atoms with E-state index in [2.05, 4.69) is 10.5 Å². The van der Waals surface area contributed by atoms with Gasteiger partial charge >= 0.3 is 0 Å². The van der Waals surface area contributed by atoms with Gasteiger partial charge in [0.25, 0.3) is 0 Å². The number of halogens is 1. The van der Waals surface area contributed by atoms with E-state index in [1.807, 2.05) is 19.1 Å². The van der Waals surface area contributed by atoms with Gasteiger partial charge in [-0.25, -0.2) is 4.39 Å². The van der Waals surface area contributed by atoms with E-state index in [0.29, 0.717) is 18.7 Å². The summed E-state index contributed by atoms with van der Waals surface area (Å²) in [6, 6.07) is 8.50. The van der Waals surface area contributed by atoms with E-state index in [-0.39, 0.29) is 11.4 Å². The molecule has 0 unspecified atom stereocenters. The lowest BCUT2D eigenvalue weighted by Gasteiger charge is -2.08. The van der Waals surface area contributed by atoms with Crippen molar-refractivity contribution >= 4 is 5.84 Å². The number of aryl methyl sites for hydroxylation is 1. The monoisotopic (exact) mass is 277 g/mol. The molecule has 0 saturated carbocycles. The third-order valence-electron chi connectivity index (χ3n) is 2.87. The van der Waals surface area contributed by atoms with Crippen LogP contribution in [0.2, 0.25) is 0 Å². The van der Waals surface area contributed by atoms with Gasteiger partial charge in [0.1, 0.15) is 17.3 Å². The summed E-state index contributed by atoms with van der Waals surface area (Å²) in [6.07, 6.45) is 0. The van der Waals surface area contributed by atoms with Crippen LogP contribution in [0, 0.1) is 12.7 Å². The van der Waals surface area contributed by atoms with Crippen molar-refractivity contribution < 1.29 is 14.0 Å². The number of oxime groups is 1. The summed E-state index contributed by atoms with van der Waals surface area (Å²) in [5.41, 5.74) is 5.94. The third kappa shape index (κ3) is 3.16. The van der Waals surface area contributed by atoms with Gasteiger partial charge in [0.2, 0.25) is 0 Å². The first kappa shape index (κ1) is 14.1. The highest BCUT2D eigenvalue weighted by atomic mass is 19.1. The molecule has 0 bridgehead atoms. The van der Waals surface area contributed by atoms with E-state index >= 15 is 0 Å². The van der Waals surface area contributed by atoms with Gasteiger partial charge in [-0.15, -0.1) is 0 Å². The maximum atomic E-state index is 14.1. The molecule has 1 aromatic heterocycles. The molecular formula is C14H16FN3O2. The number of nitrogens with two attached hydrogens (primary N) is 1. The van der Waals surface area contributed by atoms with Gasteiger partial charge in [-0.1, -0.05) is 17.3 Å². The van der Waals surface area contributed by atoms with E-state index in [0.717, 1.165) is 11.5 Å². The quantitative estimate of drug-likeness (QED) is 0.338. The molecule has 0 aliphatic rings. The van der Waals surface area contributed by atoms with Crippen LogP contribution in [0.4, 0.5) is 4.39 Å². The fraction of sp³-hybridized carbons (Fsp3) is 0.214. The number of amidine groups is 1. The summed E-state index contributed by atoms with van der Waals surface area (Å²) in [7, 11) is 0. The molecule has 0 spiro atoms. The summed E-state index contributed by atoms with van der Waals surface area (Å²) in [5.74, 6) is 0.884. The first-order chi connectivity index (χ1) is 9.61. The van der Waals surface area contributed by atoms with Crippen molar-refractivity contribution in [1.82, 2.24) is 5.32 Å². The molecule has 6 heteroatoms. The van der Waals surface area contributed by atoms with Crippen LogP contribution in [-0.4, -0.2) is 11.0 Å². The van der Waals surface area contributed by atoms with Gasteiger partial charge in [-0.3, -0.25) is 0 Å². The Labute approximate surface area is 115 Å². The zero-order chi connectivity index (χ0) is 14.5. The Balaban J connectivity index is 2.03. The molecule has 0 atom stereocenters. The van der Waals surface area contributed by atoms with Crippen molar-refractivity contribution in [3.8, 4) is 0 Å².